The van der Waals surface area contributed by atoms with Crippen LogP contribution in [-0.4, -0.2) is 59.9 Å². The molecule has 0 aliphatic carbocycles. The molecule has 172 valence electrons. The topological polar surface area (TPSA) is 136 Å². The van der Waals surface area contributed by atoms with E-state index in [4.69, 9.17) is 9.88 Å². The number of sulfonamides is 2. The molecule has 0 saturated carbocycles. The molecule has 3 N–H and O–H groups in total. The highest BCUT2D eigenvalue weighted by Crippen LogP contribution is 2.18. The molecule has 0 spiro atoms. The van der Waals surface area contributed by atoms with Crippen LogP contribution in [0.5, 0.6) is 0 Å². The van der Waals surface area contributed by atoms with Crippen molar-refractivity contribution >= 4 is 32.0 Å². The summed E-state index contributed by atoms with van der Waals surface area (Å²) in [7, 11) is -7.27. The lowest BCUT2D eigenvalue weighted by molar-refractivity contribution is -0.116. The highest BCUT2D eigenvalue weighted by Gasteiger charge is 2.25. The van der Waals surface area contributed by atoms with Gasteiger partial charge in [-0.1, -0.05) is 24.3 Å². The van der Waals surface area contributed by atoms with Crippen LogP contribution >= 0.6 is 0 Å². The molecule has 0 bridgehead atoms. The molecule has 1 heterocycles. The minimum atomic E-state index is -3.72. The number of nitrogens with two attached hydrogens (primary N) is 1. The number of nitrogens with zero attached hydrogens (tertiary/aromatic N) is 1. The molecular formula is C21H25N3O6S2. The first-order valence-corrected chi connectivity index (χ1v) is 12.9. The van der Waals surface area contributed by atoms with Crippen molar-refractivity contribution in [2.75, 3.05) is 32.8 Å². The first kappa shape index (κ1) is 24.1. The minimum Gasteiger partial charge on any atom is -0.379 e. The Morgan fingerprint density at radius 1 is 0.969 bits per heavy atom. The largest absolute Gasteiger partial charge is 0.379 e. The molecule has 0 aromatic heterocycles. The molecule has 1 aliphatic heterocycles. The quantitative estimate of drug-likeness (QED) is 0.536. The lowest BCUT2D eigenvalue weighted by Crippen LogP contribution is -2.40. The second-order valence-electron chi connectivity index (χ2n) is 7.15. The molecule has 32 heavy (non-hydrogen) atoms. The monoisotopic (exact) mass is 479 g/mol. The van der Waals surface area contributed by atoms with Gasteiger partial charge in [-0.25, -0.2) is 22.0 Å². The van der Waals surface area contributed by atoms with Gasteiger partial charge in [0.05, 0.1) is 23.0 Å². The van der Waals surface area contributed by atoms with Gasteiger partial charge < -0.3 is 10.1 Å². The van der Waals surface area contributed by atoms with Crippen molar-refractivity contribution < 1.29 is 26.4 Å². The normalized spacial score (nSPS) is 15.7. The van der Waals surface area contributed by atoms with Crippen LogP contribution in [0.15, 0.2) is 64.4 Å². The first-order valence-electron chi connectivity index (χ1n) is 9.92. The number of carbonyl (C=O) groups excluding carboxylic acids is 1. The SMILES string of the molecule is NS(=O)(=O)c1ccc(CCNC(=O)/C=C/c2ccc(S(=O)(=O)N3CCOCC3)cc2)cc1. The third kappa shape index (κ3) is 6.47. The zero-order valence-corrected chi connectivity index (χ0v) is 18.9. The smallest absolute Gasteiger partial charge is 0.244 e. The summed E-state index contributed by atoms with van der Waals surface area (Å²) in [6, 6.07) is 12.5. The van der Waals surface area contributed by atoms with Gasteiger partial charge in [0.1, 0.15) is 0 Å². The van der Waals surface area contributed by atoms with E-state index in [1.807, 2.05) is 0 Å². The fraction of sp³-hybridized carbons (Fsp3) is 0.286. The van der Waals surface area contributed by atoms with Crippen molar-refractivity contribution in [3.05, 3.63) is 65.7 Å². The number of nitrogens with one attached hydrogen (secondary N) is 1. The van der Waals surface area contributed by atoms with Gasteiger partial charge in [-0.15, -0.1) is 0 Å². The summed E-state index contributed by atoms with van der Waals surface area (Å²) < 4.78 is 54.3. The van der Waals surface area contributed by atoms with Crippen molar-refractivity contribution in [3.8, 4) is 0 Å². The summed E-state index contributed by atoms with van der Waals surface area (Å²) in [5, 5.41) is 7.80. The lowest BCUT2D eigenvalue weighted by Gasteiger charge is -2.26. The van der Waals surface area contributed by atoms with E-state index in [-0.39, 0.29) is 15.7 Å². The van der Waals surface area contributed by atoms with Crippen LogP contribution < -0.4 is 10.5 Å². The van der Waals surface area contributed by atoms with Crippen LogP contribution in [0.1, 0.15) is 11.1 Å². The summed E-state index contributed by atoms with van der Waals surface area (Å²) >= 11 is 0. The molecule has 1 amide bonds. The Bertz CT molecular complexity index is 1170. The molecule has 0 atom stereocenters. The molecule has 2 aromatic carbocycles. The van der Waals surface area contributed by atoms with Crippen molar-refractivity contribution in [2.24, 2.45) is 5.14 Å². The van der Waals surface area contributed by atoms with Gasteiger partial charge >= 0.3 is 0 Å². The molecule has 9 nitrogen and oxygen atoms in total. The van der Waals surface area contributed by atoms with Crippen LogP contribution in [0, 0.1) is 0 Å². The van der Waals surface area contributed by atoms with E-state index in [1.54, 1.807) is 30.3 Å². The van der Waals surface area contributed by atoms with Crippen molar-refractivity contribution in [1.29, 1.82) is 0 Å². The van der Waals surface area contributed by atoms with Crippen molar-refractivity contribution in [3.63, 3.8) is 0 Å². The maximum absolute atomic E-state index is 12.6. The van der Waals surface area contributed by atoms with E-state index in [0.29, 0.717) is 44.8 Å². The highest BCUT2D eigenvalue weighted by molar-refractivity contribution is 7.89. The fourth-order valence-electron chi connectivity index (χ4n) is 3.09. The Morgan fingerprint density at radius 2 is 1.56 bits per heavy atom. The Balaban J connectivity index is 1.50. The Kier molecular flexibility index (Phi) is 7.80. The van der Waals surface area contributed by atoms with Gasteiger partial charge in [0.2, 0.25) is 26.0 Å². The van der Waals surface area contributed by atoms with Gasteiger partial charge in [-0.05, 0) is 47.9 Å². The number of morpholine rings is 1. The van der Waals surface area contributed by atoms with Gasteiger partial charge in [-0.3, -0.25) is 4.79 Å². The third-order valence-corrected chi connectivity index (χ3v) is 7.72. The number of hydrogen-bond acceptors (Lipinski definition) is 6. The lowest BCUT2D eigenvalue weighted by atomic mass is 10.1. The molecule has 3 rings (SSSR count). The van der Waals surface area contributed by atoms with Crippen molar-refractivity contribution in [1.82, 2.24) is 9.62 Å². The zero-order valence-electron chi connectivity index (χ0n) is 17.3. The van der Waals surface area contributed by atoms with Crippen LogP contribution in [0.2, 0.25) is 0 Å². The van der Waals surface area contributed by atoms with Gasteiger partial charge in [0, 0.05) is 25.7 Å². The number of amides is 1. The van der Waals surface area contributed by atoms with Crippen molar-refractivity contribution in [2.45, 2.75) is 16.2 Å². The van der Waals surface area contributed by atoms with E-state index in [9.17, 15) is 21.6 Å². The van der Waals surface area contributed by atoms with E-state index < -0.39 is 20.0 Å². The van der Waals surface area contributed by atoms with E-state index in [1.165, 1.54) is 34.6 Å². The maximum Gasteiger partial charge on any atom is 0.244 e. The first-order chi connectivity index (χ1) is 15.2. The summed E-state index contributed by atoms with van der Waals surface area (Å²) in [6.07, 6.45) is 3.50. The number of ether oxygens (including phenoxy) is 1. The number of primary sulfonamides is 1. The predicted octanol–water partition coefficient (Wildman–Crippen LogP) is 0.727. The fourth-order valence-corrected chi connectivity index (χ4v) is 5.02. The molecule has 11 heteroatoms. The van der Waals surface area contributed by atoms with Gasteiger partial charge in [0.25, 0.3) is 0 Å². The predicted molar refractivity (Wildman–Crippen MR) is 120 cm³/mol. The standard InChI is InChI=1S/C21H25N3O6S2/c22-31(26,27)19-6-1-18(2-7-19)11-12-23-21(25)10-5-17-3-8-20(9-4-17)32(28,29)24-13-15-30-16-14-24/h1-10H,11-16H2,(H,23,25)(H2,22,26,27)/b10-5+. The highest BCUT2D eigenvalue weighted by atomic mass is 32.2. The average Bonchev–Trinajstić information content (AvgIpc) is 2.78. The third-order valence-electron chi connectivity index (χ3n) is 4.88. The Labute approximate surface area is 188 Å². The van der Waals surface area contributed by atoms with E-state index in [2.05, 4.69) is 5.32 Å². The van der Waals surface area contributed by atoms with E-state index in [0.717, 1.165) is 5.56 Å². The molecule has 2 aromatic rings. The molecular weight excluding hydrogens is 454 g/mol. The number of benzene rings is 2. The zero-order chi connectivity index (χ0) is 23.2. The molecule has 1 aliphatic rings. The second kappa shape index (κ2) is 10.4. The summed E-state index contributed by atoms with van der Waals surface area (Å²) in [5.41, 5.74) is 1.55. The van der Waals surface area contributed by atoms with Gasteiger partial charge in [-0.2, -0.15) is 4.31 Å². The summed E-state index contributed by atoms with van der Waals surface area (Å²) in [5.74, 6) is -0.295. The summed E-state index contributed by atoms with van der Waals surface area (Å²) in [4.78, 5) is 12.3. The Hall–Kier alpha value is -2.57. The van der Waals surface area contributed by atoms with Crippen LogP contribution in [0.3, 0.4) is 0 Å². The van der Waals surface area contributed by atoms with Crippen LogP contribution in [0.4, 0.5) is 0 Å². The molecule has 0 radical (unpaired) electrons. The average molecular weight is 480 g/mol. The minimum absolute atomic E-state index is 0.0389. The number of rotatable bonds is 8. The Morgan fingerprint density at radius 3 is 2.16 bits per heavy atom. The molecule has 0 unspecified atom stereocenters. The summed E-state index contributed by atoms with van der Waals surface area (Å²) in [6.45, 7) is 1.81. The van der Waals surface area contributed by atoms with Crippen LogP contribution in [-0.2, 0) is 36.0 Å². The van der Waals surface area contributed by atoms with Crippen LogP contribution in [0.25, 0.3) is 6.08 Å². The number of hydrogen-bond donors (Lipinski definition) is 2. The molecule has 1 fully saturated rings. The van der Waals surface area contributed by atoms with Gasteiger partial charge in [0.15, 0.2) is 0 Å². The second-order valence-corrected chi connectivity index (χ2v) is 10.6. The maximum atomic E-state index is 12.6. The molecule has 1 saturated heterocycles. The number of carbonyl (C=O) groups is 1. The van der Waals surface area contributed by atoms with E-state index >= 15 is 0 Å².